The fourth-order valence-corrected chi connectivity index (χ4v) is 1.96. The van der Waals surface area contributed by atoms with Crippen LogP contribution >= 0.6 is 0 Å². The predicted octanol–water partition coefficient (Wildman–Crippen LogP) is 2.16. The molecule has 0 unspecified atom stereocenters. The van der Waals surface area contributed by atoms with Crippen molar-refractivity contribution in [3.05, 3.63) is 36.0 Å². The second-order valence-corrected chi connectivity index (χ2v) is 4.23. The minimum atomic E-state index is -0.515. The molecule has 1 saturated carbocycles. The summed E-state index contributed by atoms with van der Waals surface area (Å²) in [5, 5.41) is 11.2. The first kappa shape index (κ1) is 8.06. The molecule has 0 amide bonds. The van der Waals surface area contributed by atoms with Gasteiger partial charge in [-0.05, 0) is 35.9 Å². The number of rotatable bonds is 1. The van der Waals surface area contributed by atoms with Crippen LogP contribution in [0.2, 0.25) is 0 Å². The zero-order chi connectivity index (χ0) is 9.76. The van der Waals surface area contributed by atoms with Crippen LogP contribution in [0.3, 0.4) is 0 Å². The van der Waals surface area contributed by atoms with Crippen molar-refractivity contribution in [2.75, 3.05) is 0 Å². The molecule has 1 aromatic heterocycles. The van der Waals surface area contributed by atoms with Crippen LogP contribution in [-0.2, 0) is 12.6 Å². The highest BCUT2D eigenvalue weighted by Crippen LogP contribution is 2.45. The predicted molar refractivity (Wildman–Crippen MR) is 56.0 cm³/mol. The average Bonchev–Trinajstić information content (AvgIpc) is 2.84. The van der Waals surface area contributed by atoms with E-state index in [9.17, 15) is 5.11 Å². The maximum Gasteiger partial charge on any atom is 0.0899 e. The molecule has 1 N–H and O–H groups in total. The topological polar surface area (TPSA) is 25.2 Å². The molecule has 0 saturated heterocycles. The highest BCUT2D eigenvalue weighted by atomic mass is 16.3. The Kier molecular flexibility index (Phi) is 1.38. The first-order chi connectivity index (χ1) is 6.69. The molecule has 2 nitrogen and oxygen atoms in total. The summed E-state index contributed by atoms with van der Waals surface area (Å²) in [4.78, 5) is 0. The molecule has 0 bridgehead atoms. The Morgan fingerprint density at radius 2 is 2.07 bits per heavy atom. The molecule has 1 aliphatic rings. The van der Waals surface area contributed by atoms with Gasteiger partial charge in [0.05, 0.1) is 5.60 Å². The van der Waals surface area contributed by atoms with Gasteiger partial charge in [0, 0.05) is 18.8 Å². The second kappa shape index (κ2) is 2.39. The van der Waals surface area contributed by atoms with E-state index in [4.69, 9.17) is 0 Å². The Bertz CT molecular complexity index is 494. The van der Waals surface area contributed by atoms with E-state index in [1.165, 1.54) is 10.9 Å². The van der Waals surface area contributed by atoms with Crippen LogP contribution in [0.15, 0.2) is 30.5 Å². The fourth-order valence-electron chi connectivity index (χ4n) is 1.96. The van der Waals surface area contributed by atoms with Gasteiger partial charge < -0.3 is 9.67 Å². The quantitative estimate of drug-likeness (QED) is 0.727. The third-order valence-corrected chi connectivity index (χ3v) is 3.15. The first-order valence-electron chi connectivity index (χ1n) is 4.97. The summed E-state index contributed by atoms with van der Waals surface area (Å²) in [6.45, 7) is 0. The van der Waals surface area contributed by atoms with Gasteiger partial charge in [-0.1, -0.05) is 12.1 Å². The van der Waals surface area contributed by atoms with Crippen molar-refractivity contribution in [3.63, 3.8) is 0 Å². The first-order valence-corrected chi connectivity index (χ1v) is 4.97. The lowest BCUT2D eigenvalue weighted by Gasteiger charge is -2.08. The maximum absolute atomic E-state index is 9.98. The van der Waals surface area contributed by atoms with Gasteiger partial charge >= 0.3 is 0 Å². The number of hydrogen-bond acceptors (Lipinski definition) is 1. The van der Waals surface area contributed by atoms with Gasteiger partial charge in [-0.15, -0.1) is 0 Å². The molecule has 0 aliphatic heterocycles. The van der Waals surface area contributed by atoms with Gasteiger partial charge in [-0.2, -0.15) is 0 Å². The van der Waals surface area contributed by atoms with Crippen LogP contribution < -0.4 is 0 Å². The number of fused-ring (bicyclic) bond motifs is 1. The van der Waals surface area contributed by atoms with E-state index < -0.39 is 5.60 Å². The van der Waals surface area contributed by atoms with Gasteiger partial charge in [0.15, 0.2) is 0 Å². The summed E-state index contributed by atoms with van der Waals surface area (Å²) in [5.74, 6) is 0. The minimum absolute atomic E-state index is 0.515. The minimum Gasteiger partial charge on any atom is -0.385 e. The number of benzene rings is 1. The smallest absolute Gasteiger partial charge is 0.0899 e. The fraction of sp³-hybridized carbons (Fsp3) is 0.333. The second-order valence-electron chi connectivity index (χ2n) is 4.23. The Morgan fingerprint density at radius 3 is 2.79 bits per heavy atom. The molecule has 1 aliphatic carbocycles. The monoisotopic (exact) mass is 187 g/mol. The standard InChI is InChI=1S/C12H13NO/c1-13-7-4-9-2-3-10(8-11(9)13)12(14)5-6-12/h2-4,7-8,14H,5-6H2,1H3. The van der Waals surface area contributed by atoms with Crippen molar-refractivity contribution in [1.82, 2.24) is 4.57 Å². The zero-order valence-electron chi connectivity index (χ0n) is 8.20. The van der Waals surface area contributed by atoms with E-state index in [1.54, 1.807) is 0 Å². The van der Waals surface area contributed by atoms with E-state index in [2.05, 4.69) is 22.8 Å². The maximum atomic E-state index is 9.98. The lowest BCUT2D eigenvalue weighted by molar-refractivity contribution is 0.151. The zero-order valence-corrected chi connectivity index (χ0v) is 8.20. The van der Waals surface area contributed by atoms with E-state index in [0.717, 1.165) is 18.4 Å². The molecule has 2 heteroatoms. The molecule has 14 heavy (non-hydrogen) atoms. The summed E-state index contributed by atoms with van der Waals surface area (Å²) in [6.07, 6.45) is 3.86. The van der Waals surface area contributed by atoms with Crippen molar-refractivity contribution >= 4 is 10.9 Å². The van der Waals surface area contributed by atoms with Gasteiger partial charge in [0.2, 0.25) is 0 Å². The SMILES string of the molecule is Cn1ccc2ccc(C3(O)CC3)cc21. The molecule has 0 spiro atoms. The number of nitrogens with zero attached hydrogens (tertiary/aromatic N) is 1. The number of aromatic nitrogens is 1. The Balaban J connectivity index is 2.23. The summed E-state index contributed by atoms with van der Waals surface area (Å²) in [5.41, 5.74) is 1.74. The third kappa shape index (κ3) is 1.01. The van der Waals surface area contributed by atoms with Crippen LogP contribution in [0.5, 0.6) is 0 Å². The summed E-state index contributed by atoms with van der Waals surface area (Å²) >= 11 is 0. The summed E-state index contributed by atoms with van der Waals surface area (Å²) in [6, 6.07) is 8.31. The molecule has 1 fully saturated rings. The summed E-state index contributed by atoms with van der Waals surface area (Å²) < 4.78 is 2.09. The lowest BCUT2D eigenvalue weighted by Crippen LogP contribution is -2.03. The van der Waals surface area contributed by atoms with E-state index in [0.29, 0.717) is 0 Å². The van der Waals surface area contributed by atoms with Gasteiger partial charge in [-0.25, -0.2) is 0 Å². The highest BCUT2D eigenvalue weighted by Gasteiger charge is 2.42. The van der Waals surface area contributed by atoms with E-state index in [1.807, 2.05) is 19.3 Å². The largest absolute Gasteiger partial charge is 0.385 e. The van der Waals surface area contributed by atoms with E-state index in [-0.39, 0.29) is 0 Å². The molecular weight excluding hydrogens is 174 g/mol. The average molecular weight is 187 g/mol. The van der Waals surface area contributed by atoms with Gasteiger partial charge in [-0.3, -0.25) is 0 Å². The van der Waals surface area contributed by atoms with Crippen molar-refractivity contribution in [2.24, 2.45) is 7.05 Å². The van der Waals surface area contributed by atoms with Gasteiger partial charge in [0.1, 0.15) is 0 Å². The number of hydrogen-bond donors (Lipinski definition) is 1. The normalized spacial score (nSPS) is 18.7. The highest BCUT2D eigenvalue weighted by molar-refractivity contribution is 5.81. The summed E-state index contributed by atoms with van der Waals surface area (Å²) in [7, 11) is 2.03. The molecule has 1 aromatic carbocycles. The molecule has 3 rings (SSSR count). The Labute approximate surface area is 82.8 Å². The van der Waals surface area contributed by atoms with Crippen LogP contribution in [0.1, 0.15) is 18.4 Å². The Hall–Kier alpha value is -1.28. The van der Waals surface area contributed by atoms with E-state index >= 15 is 0 Å². The molecule has 1 heterocycles. The van der Waals surface area contributed by atoms with Crippen LogP contribution in [0, 0.1) is 0 Å². The van der Waals surface area contributed by atoms with Crippen molar-refractivity contribution in [1.29, 1.82) is 0 Å². The van der Waals surface area contributed by atoms with Crippen molar-refractivity contribution in [3.8, 4) is 0 Å². The van der Waals surface area contributed by atoms with Gasteiger partial charge in [0.25, 0.3) is 0 Å². The Morgan fingerprint density at radius 1 is 1.29 bits per heavy atom. The van der Waals surface area contributed by atoms with Crippen LogP contribution in [0.4, 0.5) is 0 Å². The number of aliphatic hydroxyl groups is 1. The van der Waals surface area contributed by atoms with Crippen molar-refractivity contribution < 1.29 is 5.11 Å². The lowest BCUT2D eigenvalue weighted by atomic mass is 10.1. The number of aryl methyl sites for hydroxylation is 1. The van der Waals surface area contributed by atoms with Crippen LogP contribution in [0.25, 0.3) is 10.9 Å². The molecule has 0 radical (unpaired) electrons. The molecule has 72 valence electrons. The van der Waals surface area contributed by atoms with Crippen molar-refractivity contribution in [2.45, 2.75) is 18.4 Å². The van der Waals surface area contributed by atoms with Crippen LogP contribution in [-0.4, -0.2) is 9.67 Å². The molecule has 0 atom stereocenters. The molecular formula is C12H13NO. The molecule has 2 aromatic rings. The third-order valence-electron chi connectivity index (χ3n) is 3.15.